The number of halogens is 3. The number of H-pyrrole nitrogens is 1. The van der Waals surface area contributed by atoms with Crippen LogP contribution in [0.15, 0.2) is 42.5 Å². The summed E-state index contributed by atoms with van der Waals surface area (Å²) in [5.74, 6) is 1.45. The number of benzene rings is 2. The van der Waals surface area contributed by atoms with Crippen LogP contribution in [0.4, 0.5) is 13.2 Å². The first-order valence-electron chi connectivity index (χ1n) is 7.55. The van der Waals surface area contributed by atoms with Gasteiger partial charge in [0.15, 0.2) is 0 Å². The molecule has 0 aliphatic heterocycles. The number of hydrogen-bond donors (Lipinski definition) is 1. The van der Waals surface area contributed by atoms with E-state index in [0.29, 0.717) is 0 Å². The number of fused-ring (bicyclic) bond motifs is 1. The largest absolute Gasteiger partial charge is 0.497 e. The normalized spacial score (nSPS) is 13.2. The zero-order valence-corrected chi connectivity index (χ0v) is 13.3. The van der Waals surface area contributed by atoms with Gasteiger partial charge in [-0.1, -0.05) is 31.2 Å². The third-order valence-electron chi connectivity index (χ3n) is 4.00. The SMILES string of the molecule is COc1ccc2nc(C(C)c3ccc(CC(F)(F)F)cc3)[nH]c2c1. The molecule has 1 aromatic heterocycles. The van der Waals surface area contributed by atoms with Crippen LogP contribution in [0.25, 0.3) is 11.0 Å². The van der Waals surface area contributed by atoms with Crippen LogP contribution in [0, 0.1) is 0 Å². The van der Waals surface area contributed by atoms with Gasteiger partial charge in [-0.05, 0) is 23.3 Å². The van der Waals surface area contributed by atoms with E-state index in [0.717, 1.165) is 28.2 Å². The molecule has 126 valence electrons. The van der Waals surface area contributed by atoms with E-state index in [9.17, 15) is 13.2 Å². The van der Waals surface area contributed by atoms with Crippen molar-refractivity contribution in [2.75, 3.05) is 7.11 Å². The van der Waals surface area contributed by atoms with Gasteiger partial charge in [-0.2, -0.15) is 13.2 Å². The lowest BCUT2D eigenvalue weighted by molar-refractivity contribution is -0.127. The van der Waals surface area contributed by atoms with Crippen molar-refractivity contribution in [2.45, 2.75) is 25.4 Å². The number of aromatic amines is 1. The highest BCUT2D eigenvalue weighted by Crippen LogP contribution is 2.27. The Labute approximate surface area is 137 Å². The standard InChI is InChI=1S/C18H17F3N2O/c1-11(13-5-3-12(4-6-13)10-18(19,20)21)17-22-15-8-7-14(24-2)9-16(15)23-17/h3-9,11H,10H2,1-2H3,(H,22,23). The Morgan fingerprint density at radius 1 is 1.12 bits per heavy atom. The number of hydrogen-bond acceptors (Lipinski definition) is 2. The minimum absolute atomic E-state index is 0.0525. The Balaban J connectivity index is 1.84. The fourth-order valence-electron chi connectivity index (χ4n) is 2.65. The maximum absolute atomic E-state index is 12.4. The summed E-state index contributed by atoms with van der Waals surface area (Å²) in [7, 11) is 1.60. The number of alkyl halides is 3. The quantitative estimate of drug-likeness (QED) is 0.742. The molecule has 2 aromatic carbocycles. The summed E-state index contributed by atoms with van der Waals surface area (Å²) in [6.45, 7) is 1.97. The van der Waals surface area contributed by atoms with Gasteiger partial charge in [-0.3, -0.25) is 0 Å². The highest BCUT2D eigenvalue weighted by molar-refractivity contribution is 5.77. The van der Waals surface area contributed by atoms with Crippen LogP contribution in [0.3, 0.4) is 0 Å². The zero-order valence-electron chi connectivity index (χ0n) is 13.3. The van der Waals surface area contributed by atoms with Gasteiger partial charge in [-0.15, -0.1) is 0 Å². The van der Waals surface area contributed by atoms with Gasteiger partial charge >= 0.3 is 6.18 Å². The molecule has 1 heterocycles. The van der Waals surface area contributed by atoms with Crippen LogP contribution in [0.5, 0.6) is 5.75 Å². The van der Waals surface area contributed by atoms with E-state index in [-0.39, 0.29) is 11.5 Å². The molecule has 24 heavy (non-hydrogen) atoms. The van der Waals surface area contributed by atoms with Crippen molar-refractivity contribution in [1.82, 2.24) is 9.97 Å². The number of ether oxygens (including phenoxy) is 1. The molecule has 1 N–H and O–H groups in total. The molecule has 0 amide bonds. The van der Waals surface area contributed by atoms with Crippen molar-refractivity contribution >= 4 is 11.0 Å². The summed E-state index contributed by atoms with van der Waals surface area (Å²) in [5, 5.41) is 0. The molecule has 0 bridgehead atoms. The molecule has 3 nitrogen and oxygen atoms in total. The lowest BCUT2D eigenvalue weighted by Gasteiger charge is -2.11. The molecular formula is C18H17F3N2O. The molecule has 3 rings (SSSR count). The average molecular weight is 334 g/mol. The summed E-state index contributed by atoms with van der Waals surface area (Å²) in [5.41, 5.74) is 2.86. The molecule has 0 radical (unpaired) electrons. The topological polar surface area (TPSA) is 37.9 Å². The summed E-state index contributed by atoms with van der Waals surface area (Å²) in [6.07, 6.45) is -5.10. The van der Waals surface area contributed by atoms with Gasteiger partial charge in [0.2, 0.25) is 0 Å². The third-order valence-corrected chi connectivity index (χ3v) is 4.00. The first-order chi connectivity index (χ1) is 11.4. The van der Waals surface area contributed by atoms with Crippen molar-refractivity contribution in [3.63, 3.8) is 0 Å². The first-order valence-corrected chi connectivity index (χ1v) is 7.55. The molecule has 0 spiro atoms. The van der Waals surface area contributed by atoms with Crippen molar-refractivity contribution < 1.29 is 17.9 Å². The number of rotatable bonds is 4. The number of nitrogens with zero attached hydrogens (tertiary/aromatic N) is 1. The van der Waals surface area contributed by atoms with Gasteiger partial charge in [0, 0.05) is 12.0 Å². The van der Waals surface area contributed by atoms with Crippen LogP contribution >= 0.6 is 0 Å². The molecule has 0 aliphatic carbocycles. The Bertz CT molecular complexity index is 838. The van der Waals surface area contributed by atoms with Crippen molar-refractivity contribution in [1.29, 1.82) is 0 Å². The van der Waals surface area contributed by atoms with Crippen LogP contribution in [-0.4, -0.2) is 23.3 Å². The van der Waals surface area contributed by atoms with E-state index < -0.39 is 12.6 Å². The second kappa shape index (κ2) is 6.19. The predicted molar refractivity (Wildman–Crippen MR) is 86.4 cm³/mol. The maximum atomic E-state index is 12.4. The highest BCUT2D eigenvalue weighted by Gasteiger charge is 2.27. The highest BCUT2D eigenvalue weighted by atomic mass is 19.4. The van der Waals surface area contributed by atoms with Crippen molar-refractivity contribution in [2.24, 2.45) is 0 Å². The van der Waals surface area contributed by atoms with E-state index in [4.69, 9.17) is 4.74 Å². The van der Waals surface area contributed by atoms with Crippen LogP contribution in [0.1, 0.15) is 29.8 Å². The second-order valence-corrected chi connectivity index (χ2v) is 5.76. The smallest absolute Gasteiger partial charge is 0.393 e. The monoisotopic (exact) mass is 334 g/mol. The Hall–Kier alpha value is -2.50. The molecular weight excluding hydrogens is 317 g/mol. The minimum Gasteiger partial charge on any atom is -0.497 e. The van der Waals surface area contributed by atoms with E-state index >= 15 is 0 Å². The van der Waals surface area contributed by atoms with Crippen LogP contribution in [0.2, 0.25) is 0 Å². The molecule has 0 fully saturated rings. The van der Waals surface area contributed by atoms with E-state index in [1.165, 1.54) is 12.1 Å². The molecule has 0 saturated carbocycles. The van der Waals surface area contributed by atoms with Crippen molar-refractivity contribution in [3.8, 4) is 5.75 Å². The molecule has 1 unspecified atom stereocenters. The molecule has 0 aliphatic rings. The molecule has 0 saturated heterocycles. The fraction of sp³-hybridized carbons (Fsp3) is 0.278. The summed E-state index contributed by atoms with van der Waals surface area (Å²) in [4.78, 5) is 7.81. The minimum atomic E-state index is -4.19. The molecule has 3 aromatic rings. The van der Waals surface area contributed by atoms with Gasteiger partial charge < -0.3 is 9.72 Å². The number of methoxy groups -OCH3 is 1. The Morgan fingerprint density at radius 3 is 2.46 bits per heavy atom. The molecule has 1 atom stereocenters. The van der Waals surface area contributed by atoms with Gasteiger partial charge in [0.05, 0.1) is 24.6 Å². The lowest BCUT2D eigenvalue weighted by atomic mass is 9.98. The third kappa shape index (κ3) is 3.53. The van der Waals surface area contributed by atoms with E-state index in [1.54, 1.807) is 19.2 Å². The lowest BCUT2D eigenvalue weighted by Crippen LogP contribution is -2.11. The van der Waals surface area contributed by atoms with E-state index in [2.05, 4.69) is 9.97 Å². The van der Waals surface area contributed by atoms with Crippen molar-refractivity contribution in [3.05, 3.63) is 59.4 Å². The van der Waals surface area contributed by atoms with Gasteiger partial charge in [0.25, 0.3) is 0 Å². The predicted octanol–water partition coefficient (Wildman–Crippen LogP) is 4.83. The fourth-order valence-corrected chi connectivity index (χ4v) is 2.65. The summed E-state index contributed by atoms with van der Waals surface area (Å²) >= 11 is 0. The van der Waals surface area contributed by atoms with Crippen LogP contribution in [-0.2, 0) is 6.42 Å². The molecule has 6 heteroatoms. The van der Waals surface area contributed by atoms with Gasteiger partial charge in [-0.25, -0.2) is 4.98 Å². The Morgan fingerprint density at radius 2 is 1.83 bits per heavy atom. The van der Waals surface area contributed by atoms with E-state index in [1.807, 2.05) is 25.1 Å². The Kier molecular flexibility index (Phi) is 4.22. The number of imidazole rings is 1. The number of nitrogens with one attached hydrogen (secondary N) is 1. The summed E-state index contributed by atoms with van der Waals surface area (Å²) < 4.78 is 42.5. The van der Waals surface area contributed by atoms with Gasteiger partial charge in [0.1, 0.15) is 11.6 Å². The first kappa shape index (κ1) is 16.4. The summed E-state index contributed by atoms with van der Waals surface area (Å²) in [6, 6.07) is 12.1. The number of aromatic nitrogens is 2. The zero-order chi connectivity index (χ0) is 17.3. The second-order valence-electron chi connectivity index (χ2n) is 5.76. The average Bonchev–Trinajstić information content (AvgIpc) is 2.96. The maximum Gasteiger partial charge on any atom is 0.393 e. The van der Waals surface area contributed by atoms with Crippen LogP contribution < -0.4 is 4.74 Å².